The lowest BCUT2D eigenvalue weighted by Gasteiger charge is -2.09. The lowest BCUT2D eigenvalue weighted by molar-refractivity contribution is 0.628. The minimum atomic E-state index is 0.385. The maximum Gasteiger partial charge on any atom is 0.180 e. The van der Waals surface area contributed by atoms with Gasteiger partial charge < -0.3 is 5.73 Å². The van der Waals surface area contributed by atoms with Crippen molar-refractivity contribution in [1.29, 1.82) is 0 Å². The van der Waals surface area contributed by atoms with E-state index in [1.165, 1.54) is 0 Å². The Kier molecular flexibility index (Phi) is 5.71. The molecule has 0 fully saturated rings. The van der Waals surface area contributed by atoms with E-state index < -0.39 is 0 Å². The van der Waals surface area contributed by atoms with Crippen molar-refractivity contribution in [3.8, 4) is 22.5 Å². The summed E-state index contributed by atoms with van der Waals surface area (Å²) in [7, 11) is 0. The summed E-state index contributed by atoms with van der Waals surface area (Å²) in [4.78, 5) is 4.57. The van der Waals surface area contributed by atoms with Crippen LogP contribution in [0.3, 0.4) is 0 Å². The molecule has 2 aromatic carbocycles. The molecule has 0 spiro atoms. The monoisotopic (exact) mass is 388 g/mol. The van der Waals surface area contributed by atoms with Gasteiger partial charge in [-0.1, -0.05) is 61.9 Å². The van der Waals surface area contributed by atoms with Crippen molar-refractivity contribution >= 4 is 0 Å². The molecule has 4 aromatic rings. The summed E-state index contributed by atoms with van der Waals surface area (Å²) in [5.74, 6) is 2.35. The topological polar surface area (TPSA) is 111 Å². The largest absolute Gasteiger partial charge is 0.324 e. The normalized spacial score (nSPS) is 11.1. The molecule has 0 aliphatic heterocycles. The van der Waals surface area contributed by atoms with Crippen molar-refractivity contribution in [2.75, 3.05) is 0 Å². The van der Waals surface area contributed by atoms with E-state index in [9.17, 15) is 0 Å². The number of nitrogens with one attached hydrogen (secondary N) is 1. The Morgan fingerprint density at radius 1 is 1.03 bits per heavy atom. The SMILES string of the molecule is CCCCc1nc(CN)n(Cc2ccc(-c3ccccc3-c3nnn[nH]3)cc2)n1. The van der Waals surface area contributed by atoms with Crippen LogP contribution in [0.1, 0.15) is 37.0 Å². The Morgan fingerprint density at radius 2 is 1.83 bits per heavy atom. The maximum atomic E-state index is 5.87. The highest BCUT2D eigenvalue weighted by Crippen LogP contribution is 2.29. The molecule has 0 atom stereocenters. The van der Waals surface area contributed by atoms with E-state index in [1.807, 2.05) is 22.9 Å². The molecule has 0 amide bonds. The van der Waals surface area contributed by atoms with Crippen molar-refractivity contribution < 1.29 is 0 Å². The van der Waals surface area contributed by atoms with Crippen LogP contribution in [0, 0.1) is 0 Å². The number of aryl methyl sites for hydroxylation is 1. The first-order valence-corrected chi connectivity index (χ1v) is 9.83. The van der Waals surface area contributed by atoms with Gasteiger partial charge in [-0.05, 0) is 33.5 Å². The smallest absolute Gasteiger partial charge is 0.180 e. The molecular weight excluding hydrogens is 364 g/mol. The van der Waals surface area contributed by atoms with Gasteiger partial charge in [-0.2, -0.15) is 5.10 Å². The third kappa shape index (κ3) is 4.22. The molecule has 0 saturated carbocycles. The van der Waals surface area contributed by atoms with Crippen LogP contribution >= 0.6 is 0 Å². The van der Waals surface area contributed by atoms with Gasteiger partial charge in [-0.25, -0.2) is 14.8 Å². The Balaban J connectivity index is 1.56. The number of nitrogens with zero attached hydrogens (tertiary/aromatic N) is 6. The summed E-state index contributed by atoms with van der Waals surface area (Å²) in [6.45, 7) is 3.20. The van der Waals surface area contributed by atoms with E-state index in [2.05, 4.69) is 68.0 Å². The van der Waals surface area contributed by atoms with Crippen LogP contribution in [0.2, 0.25) is 0 Å². The van der Waals surface area contributed by atoms with Gasteiger partial charge in [0.1, 0.15) is 5.82 Å². The molecule has 4 rings (SSSR count). The molecule has 2 heterocycles. The van der Waals surface area contributed by atoms with Crippen molar-refractivity contribution in [2.24, 2.45) is 5.73 Å². The highest BCUT2D eigenvalue weighted by molar-refractivity contribution is 5.80. The van der Waals surface area contributed by atoms with Crippen LogP contribution < -0.4 is 5.73 Å². The first-order chi connectivity index (χ1) is 14.3. The van der Waals surface area contributed by atoms with Gasteiger partial charge in [0.15, 0.2) is 11.6 Å². The van der Waals surface area contributed by atoms with Crippen LogP contribution in [-0.4, -0.2) is 35.4 Å². The molecule has 0 aliphatic rings. The summed E-state index contributed by atoms with van der Waals surface area (Å²) in [5, 5.41) is 18.9. The summed E-state index contributed by atoms with van der Waals surface area (Å²) in [6.07, 6.45) is 3.10. The molecule has 0 bridgehead atoms. The fourth-order valence-electron chi connectivity index (χ4n) is 3.32. The summed E-state index contributed by atoms with van der Waals surface area (Å²) >= 11 is 0. The van der Waals surface area contributed by atoms with Gasteiger partial charge >= 0.3 is 0 Å². The number of H-pyrrole nitrogens is 1. The van der Waals surface area contributed by atoms with Crippen molar-refractivity contribution in [3.05, 3.63) is 65.7 Å². The lowest BCUT2D eigenvalue weighted by atomic mass is 9.98. The first kappa shape index (κ1) is 18.9. The summed E-state index contributed by atoms with van der Waals surface area (Å²) in [5.41, 5.74) is 10.2. The fourth-order valence-corrected chi connectivity index (χ4v) is 3.32. The van der Waals surface area contributed by atoms with Crippen molar-refractivity contribution in [3.63, 3.8) is 0 Å². The predicted molar refractivity (Wildman–Crippen MR) is 111 cm³/mol. The zero-order valence-electron chi connectivity index (χ0n) is 16.4. The number of hydrogen-bond acceptors (Lipinski definition) is 6. The van der Waals surface area contributed by atoms with E-state index >= 15 is 0 Å². The number of tetrazole rings is 1. The standard InChI is InChI=1S/C21H24N8/c1-2-3-8-19-23-20(13-22)29(26-19)14-15-9-11-16(12-10-15)17-6-4-5-7-18(17)21-24-27-28-25-21/h4-7,9-12H,2-3,8,13-14,22H2,1H3,(H,24,25,27,28). The van der Waals surface area contributed by atoms with Gasteiger partial charge in [-0.15, -0.1) is 5.10 Å². The number of aromatic nitrogens is 7. The molecule has 8 nitrogen and oxygen atoms in total. The minimum Gasteiger partial charge on any atom is -0.324 e. The van der Waals surface area contributed by atoms with E-state index in [4.69, 9.17) is 5.73 Å². The van der Waals surface area contributed by atoms with Crippen LogP contribution in [0.15, 0.2) is 48.5 Å². The van der Waals surface area contributed by atoms with E-state index in [0.717, 1.165) is 53.2 Å². The Labute approximate surface area is 169 Å². The molecule has 0 unspecified atom stereocenters. The average Bonchev–Trinajstić information content (AvgIpc) is 3.43. The molecule has 0 saturated heterocycles. The van der Waals surface area contributed by atoms with Gasteiger partial charge in [-0.3, -0.25) is 0 Å². The molecular formula is C21H24N8. The molecule has 29 heavy (non-hydrogen) atoms. The van der Waals surface area contributed by atoms with Crippen LogP contribution in [-0.2, 0) is 19.5 Å². The minimum absolute atomic E-state index is 0.385. The van der Waals surface area contributed by atoms with Gasteiger partial charge in [0.05, 0.1) is 13.1 Å². The second-order valence-electron chi connectivity index (χ2n) is 6.90. The zero-order chi connectivity index (χ0) is 20.1. The maximum absolute atomic E-state index is 5.87. The molecule has 8 heteroatoms. The number of aromatic amines is 1. The molecule has 0 aliphatic carbocycles. The van der Waals surface area contributed by atoms with Crippen LogP contribution in [0.25, 0.3) is 22.5 Å². The lowest BCUT2D eigenvalue weighted by Crippen LogP contribution is -2.10. The second kappa shape index (κ2) is 8.74. The van der Waals surface area contributed by atoms with Crippen molar-refractivity contribution in [1.82, 2.24) is 35.4 Å². The zero-order valence-corrected chi connectivity index (χ0v) is 16.4. The van der Waals surface area contributed by atoms with E-state index in [-0.39, 0.29) is 0 Å². The number of unbranched alkanes of at least 4 members (excludes halogenated alkanes) is 1. The Bertz CT molecular complexity index is 1050. The number of benzene rings is 2. The highest BCUT2D eigenvalue weighted by Gasteiger charge is 2.11. The second-order valence-corrected chi connectivity index (χ2v) is 6.90. The van der Waals surface area contributed by atoms with Crippen LogP contribution in [0.5, 0.6) is 0 Å². The Morgan fingerprint density at radius 3 is 2.52 bits per heavy atom. The molecule has 148 valence electrons. The number of nitrogens with two attached hydrogens (primary N) is 1. The van der Waals surface area contributed by atoms with Crippen molar-refractivity contribution in [2.45, 2.75) is 39.3 Å². The van der Waals surface area contributed by atoms with Gasteiger partial charge in [0.2, 0.25) is 0 Å². The number of rotatable bonds is 8. The first-order valence-electron chi connectivity index (χ1n) is 9.83. The fraction of sp³-hybridized carbons (Fsp3) is 0.286. The summed E-state index contributed by atoms with van der Waals surface area (Å²) < 4.78 is 1.91. The highest BCUT2D eigenvalue weighted by atomic mass is 15.5. The quantitative estimate of drug-likeness (QED) is 0.480. The van der Waals surface area contributed by atoms with E-state index in [1.54, 1.807) is 0 Å². The van der Waals surface area contributed by atoms with Gasteiger partial charge in [0.25, 0.3) is 0 Å². The van der Waals surface area contributed by atoms with Crippen LogP contribution in [0.4, 0.5) is 0 Å². The molecule has 0 radical (unpaired) electrons. The third-order valence-corrected chi connectivity index (χ3v) is 4.85. The summed E-state index contributed by atoms with van der Waals surface area (Å²) in [6, 6.07) is 16.5. The Hall–Kier alpha value is -3.39. The van der Waals surface area contributed by atoms with Gasteiger partial charge in [0, 0.05) is 12.0 Å². The molecule has 3 N–H and O–H groups in total. The predicted octanol–water partition coefficient (Wildman–Crippen LogP) is 2.97. The van der Waals surface area contributed by atoms with E-state index in [0.29, 0.717) is 18.9 Å². The third-order valence-electron chi connectivity index (χ3n) is 4.85. The molecule has 2 aromatic heterocycles. The number of hydrogen-bond donors (Lipinski definition) is 2. The average molecular weight is 388 g/mol.